The predicted octanol–water partition coefficient (Wildman–Crippen LogP) is 4.66. The summed E-state index contributed by atoms with van der Waals surface area (Å²) >= 11 is 0. The minimum atomic E-state index is -4.31. The van der Waals surface area contributed by atoms with Crippen LogP contribution in [0.15, 0.2) is 83.8 Å². The average molecular weight is 540 g/mol. The maximum Gasteiger partial charge on any atom is 0.264 e. The Morgan fingerprint density at radius 2 is 1.61 bits per heavy atom. The second kappa shape index (κ2) is 12.7. The zero-order valence-corrected chi connectivity index (χ0v) is 22.9. The van der Waals surface area contributed by atoms with Crippen LogP contribution in [0.3, 0.4) is 0 Å². The Bertz CT molecular complexity index is 1370. The molecule has 2 unspecified atom stereocenters. The zero-order chi connectivity index (χ0) is 27.9. The number of halogens is 1. The van der Waals surface area contributed by atoms with E-state index in [9.17, 15) is 22.4 Å². The van der Waals surface area contributed by atoms with Crippen LogP contribution in [0.4, 0.5) is 10.1 Å². The lowest BCUT2D eigenvalue weighted by Crippen LogP contribution is -2.52. The number of carbonyl (C=O) groups excluding carboxylic acids is 2. The lowest BCUT2D eigenvalue weighted by atomic mass is 10.1. The normalized spacial score (nSPS) is 12.9. The van der Waals surface area contributed by atoms with E-state index in [2.05, 4.69) is 5.32 Å². The summed E-state index contributed by atoms with van der Waals surface area (Å²) in [5.74, 6) is -1.78. The first-order chi connectivity index (χ1) is 18.0. The molecule has 0 aliphatic carbocycles. The van der Waals surface area contributed by atoms with Gasteiger partial charge in [-0.15, -0.1) is 0 Å². The monoisotopic (exact) mass is 539 g/mol. The van der Waals surface area contributed by atoms with Crippen LogP contribution in [0.2, 0.25) is 0 Å². The van der Waals surface area contributed by atoms with Crippen LogP contribution in [0.1, 0.15) is 38.3 Å². The number of nitrogens with one attached hydrogen (secondary N) is 1. The van der Waals surface area contributed by atoms with E-state index >= 15 is 0 Å². The topological polar surface area (TPSA) is 86.8 Å². The molecule has 0 aliphatic rings. The molecule has 9 heteroatoms. The van der Waals surface area contributed by atoms with E-state index in [0.717, 1.165) is 21.5 Å². The fourth-order valence-electron chi connectivity index (χ4n) is 3.94. The standard InChI is InChI=1S/C29H34FN3O4S/c1-5-22(3)31-29(35)23(4)32(19-24-13-11-12-21(2)18-24)28(34)20-33(27-17-10-9-16-26(27)30)38(36,37)25-14-7-6-8-15-25/h6-18,22-23H,5,19-20H2,1-4H3,(H,31,35). The van der Waals surface area contributed by atoms with Gasteiger partial charge in [-0.25, -0.2) is 12.8 Å². The summed E-state index contributed by atoms with van der Waals surface area (Å²) in [4.78, 5) is 28.1. The summed E-state index contributed by atoms with van der Waals surface area (Å²) in [6, 6.07) is 19.4. The molecule has 0 fully saturated rings. The van der Waals surface area contributed by atoms with E-state index < -0.39 is 34.3 Å². The van der Waals surface area contributed by atoms with Crippen molar-refractivity contribution in [1.29, 1.82) is 0 Å². The summed E-state index contributed by atoms with van der Waals surface area (Å²) in [6.45, 7) is 6.71. The third-order valence-corrected chi connectivity index (χ3v) is 8.11. The Morgan fingerprint density at radius 1 is 0.947 bits per heavy atom. The van der Waals surface area contributed by atoms with Gasteiger partial charge in [0.05, 0.1) is 10.6 Å². The Kier molecular flexibility index (Phi) is 9.63. The van der Waals surface area contributed by atoms with Gasteiger partial charge in [0.25, 0.3) is 10.0 Å². The number of rotatable bonds is 11. The van der Waals surface area contributed by atoms with Gasteiger partial charge in [0.15, 0.2) is 0 Å². The molecular weight excluding hydrogens is 505 g/mol. The van der Waals surface area contributed by atoms with Crippen molar-refractivity contribution in [3.63, 3.8) is 0 Å². The number of benzene rings is 3. The van der Waals surface area contributed by atoms with E-state index in [1.54, 1.807) is 25.1 Å². The van der Waals surface area contributed by atoms with Gasteiger partial charge in [0.2, 0.25) is 11.8 Å². The molecule has 202 valence electrons. The van der Waals surface area contributed by atoms with E-state index in [0.29, 0.717) is 6.42 Å². The summed E-state index contributed by atoms with van der Waals surface area (Å²) in [5.41, 5.74) is 1.51. The van der Waals surface area contributed by atoms with Crippen molar-refractivity contribution in [2.24, 2.45) is 0 Å². The van der Waals surface area contributed by atoms with Crippen LogP contribution in [-0.2, 0) is 26.2 Å². The summed E-state index contributed by atoms with van der Waals surface area (Å²) in [6.07, 6.45) is 0.709. The van der Waals surface area contributed by atoms with Gasteiger partial charge in [-0.05, 0) is 57.0 Å². The van der Waals surface area contributed by atoms with E-state index in [1.165, 1.54) is 35.2 Å². The second-order valence-corrected chi connectivity index (χ2v) is 11.1. The molecule has 0 aromatic heterocycles. The maximum atomic E-state index is 14.9. The van der Waals surface area contributed by atoms with E-state index in [1.807, 2.05) is 45.0 Å². The smallest absolute Gasteiger partial charge is 0.264 e. The van der Waals surface area contributed by atoms with Gasteiger partial charge in [-0.2, -0.15) is 0 Å². The molecule has 0 spiro atoms. The predicted molar refractivity (Wildman–Crippen MR) is 146 cm³/mol. The van der Waals surface area contributed by atoms with Crippen LogP contribution < -0.4 is 9.62 Å². The summed E-state index contributed by atoms with van der Waals surface area (Å²) < 4.78 is 43.0. The third-order valence-electron chi connectivity index (χ3n) is 6.33. The van der Waals surface area contributed by atoms with Gasteiger partial charge < -0.3 is 10.2 Å². The number of anilines is 1. The Hall–Kier alpha value is -3.72. The summed E-state index contributed by atoms with van der Waals surface area (Å²) in [7, 11) is -4.31. The van der Waals surface area contributed by atoms with Crippen molar-refractivity contribution in [2.45, 2.75) is 57.6 Å². The quantitative estimate of drug-likeness (QED) is 0.384. The van der Waals surface area contributed by atoms with Crippen LogP contribution >= 0.6 is 0 Å². The van der Waals surface area contributed by atoms with Crippen LogP contribution in [0.5, 0.6) is 0 Å². The van der Waals surface area contributed by atoms with Crippen molar-refractivity contribution in [3.8, 4) is 0 Å². The Balaban J connectivity index is 2.03. The van der Waals surface area contributed by atoms with Crippen LogP contribution in [-0.4, -0.2) is 43.8 Å². The van der Waals surface area contributed by atoms with Crippen molar-refractivity contribution in [2.75, 3.05) is 10.8 Å². The van der Waals surface area contributed by atoms with Crippen molar-refractivity contribution in [3.05, 3.63) is 95.8 Å². The van der Waals surface area contributed by atoms with Gasteiger partial charge in [-0.3, -0.25) is 13.9 Å². The average Bonchev–Trinajstić information content (AvgIpc) is 2.90. The zero-order valence-electron chi connectivity index (χ0n) is 22.1. The second-order valence-electron chi connectivity index (χ2n) is 9.28. The molecule has 1 N–H and O–H groups in total. The van der Waals surface area contributed by atoms with E-state index in [4.69, 9.17) is 0 Å². The molecule has 0 bridgehead atoms. The highest BCUT2D eigenvalue weighted by atomic mass is 32.2. The molecular formula is C29H34FN3O4S. The molecule has 0 radical (unpaired) electrons. The number of amides is 2. The molecule has 2 atom stereocenters. The Labute approximate surface area is 224 Å². The van der Waals surface area contributed by atoms with Crippen LogP contribution in [0.25, 0.3) is 0 Å². The highest BCUT2D eigenvalue weighted by molar-refractivity contribution is 7.92. The molecule has 3 rings (SSSR count). The SMILES string of the molecule is CCC(C)NC(=O)C(C)N(Cc1cccc(C)c1)C(=O)CN(c1ccccc1F)S(=O)(=O)c1ccccc1. The lowest BCUT2D eigenvalue weighted by molar-refractivity contribution is -0.139. The van der Waals surface area contributed by atoms with E-state index in [-0.39, 0.29) is 29.1 Å². The van der Waals surface area contributed by atoms with Crippen LogP contribution in [0, 0.1) is 12.7 Å². The highest BCUT2D eigenvalue weighted by Crippen LogP contribution is 2.27. The first-order valence-corrected chi connectivity index (χ1v) is 14.0. The molecule has 0 saturated heterocycles. The number of para-hydroxylation sites is 1. The Morgan fingerprint density at radius 3 is 2.24 bits per heavy atom. The number of carbonyl (C=O) groups is 2. The van der Waals surface area contributed by atoms with Crippen molar-refractivity contribution >= 4 is 27.5 Å². The van der Waals surface area contributed by atoms with Crippen molar-refractivity contribution in [1.82, 2.24) is 10.2 Å². The first kappa shape index (κ1) is 28.8. The number of hydrogen-bond acceptors (Lipinski definition) is 4. The van der Waals surface area contributed by atoms with Gasteiger partial charge in [0, 0.05) is 12.6 Å². The number of aryl methyl sites for hydroxylation is 1. The van der Waals surface area contributed by atoms with Gasteiger partial charge in [-0.1, -0.05) is 67.1 Å². The molecule has 2 amide bonds. The lowest BCUT2D eigenvalue weighted by Gasteiger charge is -2.32. The number of sulfonamides is 1. The number of nitrogens with zero attached hydrogens (tertiary/aromatic N) is 2. The minimum Gasteiger partial charge on any atom is -0.352 e. The summed E-state index contributed by atoms with van der Waals surface area (Å²) in [5, 5.41) is 2.89. The van der Waals surface area contributed by atoms with Gasteiger partial charge >= 0.3 is 0 Å². The number of hydrogen-bond donors (Lipinski definition) is 1. The molecule has 7 nitrogen and oxygen atoms in total. The fraction of sp³-hybridized carbons (Fsp3) is 0.310. The fourth-order valence-corrected chi connectivity index (χ4v) is 5.39. The molecule has 3 aromatic carbocycles. The van der Waals surface area contributed by atoms with Crippen molar-refractivity contribution < 1.29 is 22.4 Å². The van der Waals surface area contributed by atoms with Gasteiger partial charge in [0.1, 0.15) is 18.4 Å². The third kappa shape index (κ3) is 6.98. The minimum absolute atomic E-state index is 0.0755. The molecule has 0 aliphatic heterocycles. The maximum absolute atomic E-state index is 14.9. The molecule has 0 heterocycles. The molecule has 38 heavy (non-hydrogen) atoms. The first-order valence-electron chi connectivity index (χ1n) is 12.5. The largest absolute Gasteiger partial charge is 0.352 e. The highest BCUT2D eigenvalue weighted by Gasteiger charge is 2.33. The molecule has 3 aromatic rings. The molecule has 0 saturated carbocycles.